The van der Waals surface area contributed by atoms with Gasteiger partial charge in [-0.3, -0.25) is 9.59 Å². The molecule has 2 amide bonds. The van der Waals surface area contributed by atoms with Crippen LogP contribution in [0.3, 0.4) is 0 Å². The lowest BCUT2D eigenvalue weighted by molar-refractivity contribution is -0.133. The number of likely N-dealkylation sites (N-methyl/N-ethyl adjacent to an activating group) is 1. The molecule has 152 valence electrons. The maximum atomic E-state index is 12.4. The SMILES string of the molecule is Cc1ccccc1CN(C)C(=O)COC(=O)c1ccc(Cl)c(N2CCCC2=O)c1. The fraction of sp³-hybridized carbons (Fsp3) is 0.318. The molecular weight excluding hydrogens is 392 g/mol. The summed E-state index contributed by atoms with van der Waals surface area (Å²) in [5.41, 5.74) is 2.87. The molecule has 1 aliphatic heterocycles. The van der Waals surface area contributed by atoms with Crippen LogP contribution in [0.4, 0.5) is 5.69 Å². The van der Waals surface area contributed by atoms with E-state index in [2.05, 4.69) is 0 Å². The van der Waals surface area contributed by atoms with Gasteiger partial charge < -0.3 is 14.5 Å². The molecule has 3 rings (SSSR count). The fourth-order valence-electron chi connectivity index (χ4n) is 3.20. The highest BCUT2D eigenvalue weighted by Gasteiger charge is 2.25. The Morgan fingerprint density at radius 2 is 1.97 bits per heavy atom. The third kappa shape index (κ3) is 4.95. The number of esters is 1. The average Bonchev–Trinajstić information content (AvgIpc) is 3.13. The first-order valence-electron chi connectivity index (χ1n) is 9.42. The largest absolute Gasteiger partial charge is 0.452 e. The summed E-state index contributed by atoms with van der Waals surface area (Å²) in [6, 6.07) is 12.4. The number of anilines is 1. The first-order chi connectivity index (χ1) is 13.9. The highest BCUT2D eigenvalue weighted by molar-refractivity contribution is 6.34. The van der Waals surface area contributed by atoms with Crippen molar-refractivity contribution < 1.29 is 19.1 Å². The summed E-state index contributed by atoms with van der Waals surface area (Å²) < 4.78 is 5.19. The summed E-state index contributed by atoms with van der Waals surface area (Å²) in [6.07, 6.45) is 1.22. The number of carbonyl (C=O) groups is 3. The normalized spacial score (nSPS) is 13.5. The standard InChI is InChI=1S/C22H23ClN2O4/c1-15-6-3-4-7-17(15)13-24(2)21(27)14-29-22(28)16-9-10-18(23)19(12-16)25-11-5-8-20(25)26/h3-4,6-7,9-10,12H,5,8,11,13-14H2,1-2H3. The molecule has 2 aromatic carbocycles. The third-order valence-corrected chi connectivity index (χ3v) is 5.29. The maximum absolute atomic E-state index is 12.4. The molecule has 0 unspecified atom stereocenters. The van der Waals surface area contributed by atoms with Gasteiger partial charge in [0.15, 0.2) is 6.61 Å². The Kier molecular flexibility index (Phi) is 6.54. The molecule has 7 heteroatoms. The average molecular weight is 415 g/mol. The minimum absolute atomic E-state index is 0.0228. The van der Waals surface area contributed by atoms with Gasteiger partial charge in [-0.05, 0) is 42.7 Å². The number of halogens is 1. The van der Waals surface area contributed by atoms with Crippen molar-refractivity contribution in [1.82, 2.24) is 4.90 Å². The molecule has 0 radical (unpaired) electrons. The number of ether oxygens (including phenoxy) is 1. The van der Waals surface area contributed by atoms with Gasteiger partial charge in [0, 0.05) is 26.6 Å². The van der Waals surface area contributed by atoms with Gasteiger partial charge >= 0.3 is 5.97 Å². The van der Waals surface area contributed by atoms with E-state index in [1.54, 1.807) is 18.0 Å². The van der Waals surface area contributed by atoms with Crippen LogP contribution in [-0.4, -0.2) is 42.9 Å². The molecule has 0 atom stereocenters. The number of nitrogens with zero attached hydrogens (tertiary/aromatic N) is 2. The number of benzene rings is 2. The second-order valence-electron chi connectivity index (χ2n) is 7.07. The van der Waals surface area contributed by atoms with Crippen LogP contribution < -0.4 is 4.90 Å². The Balaban J connectivity index is 1.61. The number of hydrogen-bond acceptors (Lipinski definition) is 4. The molecule has 0 N–H and O–H groups in total. The summed E-state index contributed by atoms with van der Waals surface area (Å²) in [5.74, 6) is -0.955. The van der Waals surface area contributed by atoms with Crippen molar-refractivity contribution in [3.63, 3.8) is 0 Å². The van der Waals surface area contributed by atoms with E-state index in [0.717, 1.165) is 17.5 Å². The van der Waals surface area contributed by atoms with Crippen molar-refractivity contribution in [2.24, 2.45) is 0 Å². The smallest absolute Gasteiger partial charge is 0.338 e. The van der Waals surface area contributed by atoms with Crippen LogP contribution in [0.2, 0.25) is 5.02 Å². The van der Waals surface area contributed by atoms with E-state index >= 15 is 0 Å². The van der Waals surface area contributed by atoms with Crippen molar-refractivity contribution in [3.05, 3.63) is 64.2 Å². The molecule has 0 bridgehead atoms. The monoisotopic (exact) mass is 414 g/mol. The summed E-state index contributed by atoms with van der Waals surface area (Å²) in [7, 11) is 1.67. The van der Waals surface area contributed by atoms with Crippen molar-refractivity contribution in [1.29, 1.82) is 0 Å². The van der Waals surface area contributed by atoms with Crippen molar-refractivity contribution >= 4 is 35.1 Å². The van der Waals surface area contributed by atoms with Crippen molar-refractivity contribution in [2.75, 3.05) is 25.1 Å². The van der Waals surface area contributed by atoms with Crippen LogP contribution in [0, 0.1) is 6.92 Å². The number of hydrogen-bond donors (Lipinski definition) is 0. The van der Waals surface area contributed by atoms with E-state index < -0.39 is 5.97 Å². The van der Waals surface area contributed by atoms with Crippen molar-refractivity contribution in [2.45, 2.75) is 26.3 Å². The maximum Gasteiger partial charge on any atom is 0.338 e. The second-order valence-corrected chi connectivity index (χ2v) is 7.47. The zero-order valence-electron chi connectivity index (χ0n) is 16.5. The molecule has 0 aromatic heterocycles. The van der Waals surface area contributed by atoms with E-state index in [0.29, 0.717) is 30.2 Å². The van der Waals surface area contributed by atoms with E-state index in [1.165, 1.54) is 17.0 Å². The Labute approximate surface area is 175 Å². The quantitative estimate of drug-likeness (QED) is 0.677. The highest BCUT2D eigenvalue weighted by atomic mass is 35.5. The molecule has 29 heavy (non-hydrogen) atoms. The van der Waals surface area contributed by atoms with Crippen LogP contribution in [0.25, 0.3) is 0 Å². The molecule has 1 heterocycles. The fourth-order valence-corrected chi connectivity index (χ4v) is 3.42. The predicted molar refractivity (Wildman–Crippen MR) is 111 cm³/mol. The molecule has 0 spiro atoms. The minimum Gasteiger partial charge on any atom is -0.452 e. The molecule has 0 aliphatic carbocycles. The zero-order chi connectivity index (χ0) is 21.0. The van der Waals surface area contributed by atoms with Gasteiger partial charge in [0.1, 0.15) is 0 Å². The van der Waals surface area contributed by atoms with E-state index in [-0.39, 0.29) is 24.0 Å². The summed E-state index contributed by atoms with van der Waals surface area (Å²) in [6.45, 7) is 2.63. The van der Waals surface area contributed by atoms with E-state index in [9.17, 15) is 14.4 Å². The van der Waals surface area contributed by atoms with Gasteiger partial charge in [-0.15, -0.1) is 0 Å². The van der Waals surface area contributed by atoms with Crippen LogP contribution in [-0.2, 0) is 20.9 Å². The molecule has 0 saturated carbocycles. The predicted octanol–water partition coefficient (Wildman–Crippen LogP) is 3.59. The van der Waals surface area contributed by atoms with Gasteiger partial charge in [0.05, 0.1) is 16.3 Å². The first kappa shape index (κ1) is 20.9. The molecule has 1 aliphatic rings. The Bertz CT molecular complexity index is 944. The zero-order valence-corrected chi connectivity index (χ0v) is 17.2. The topological polar surface area (TPSA) is 66.9 Å². The summed E-state index contributed by atoms with van der Waals surface area (Å²) >= 11 is 6.20. The number of carbonyl (C=O) groups excluding carboxylic acids is 3. The number of amides is 2. The van der Waals surface area contributed by atoms with Gasteiger partial charge in [0.25, 0.3) is 5.91 Å². The Hall–Kier alpha value is -2.86. The van der Waals surface area contributed by atoms with Gasteiger partial charge in [-0.1, -0.05) is 35.9 Å². The Morgan fingerprint density at radius 1 is 1.21 bits per heavy atom. The number of rotatable bonds is 6. The lowest BCUT2D eigenvalue weighted by Crippen LogP contribution is -2.31. The molecule has 1 saturated heterocycles. The molecule has 6 nitrogen and oxygen atoms in total. The van der Waals surface area contributed by atoms with Gasteiger partial charge in [0.2, 0.25) is 5.91 Å². The van der Waals surface area contributed by atoms with Crippen LogP contribution >= 0.6 is 11.6 Å². The van der Waals surface area contributed by atoms with Crippen molar-refractivity contribution in [3.8, 4) is 0 Å². The van der Waals surface area contributed by atoms with Crippen LogP contribution in [0.15, 0.2) is 42.5 Å². The lowest BCUT2D eigenvalue weighted by Gasteiger charge is -2.19. The molecular formula is C22H23ClN2O4. The van der Waals surface area contributed by atoms with Gasteiger partial charge in [-0.25, -0.2) is 4.79 Å². The van der Waals surface area contributed by atoms with Crippen LogP contribution in [0.5, 0.6) is 0 Å². The Morgan fingerprint density at radius 3 is 2.66 bits per heavy atom. The van der Waals surface area contributed by atoms with E-state index in [4.69, 9.17) is 16.3 Å². The highest BCUT2D eigenvalue weighted by Crippen LogP contribution is 2.30. The van der Waals surface area contributed by atoms with Crippen LogP contribution in [0.1, 0.15) is 34.3 Å². The lowest BCUT2D eigenvalue weighted by atomic mass is 10.1. The van der Waals surface area contributed by atoms with Gasteiger partial charge in [-0.2, -0.15) is 0 Å². The second kappa shape index (κ2) is 9.09. The van der Waals surface area contributed by atoms with E-state index in [1.807, 2.05) is 31.2 Å². The minimum atomic E-state index is -0.632. The molecule has 1 fully saturated rings. The first-order valence-corrected chi connectivity index (χ1v) is 9.80. The molecule has 2 aromatic rings. The summed E-state index contributed by atoms with van der Waals surface area (Å²) in [5, 5.41) is 0.394. The number of aryl methyl sites for hydroxylation is 1. The third-order valence-electron chi connectivity index (χ3n) is 4.97. The summed E-state index contributed by atoms with van der Waals surface area (Å²) in [4.78, 5) is 39.8.